The van der Waals surface area contributed by atoms with Gasteiger partial charge in [0.15, 0.2) is 5.78 Å². The Hall–Kier alpha value is -4.27. The molecular weight excluding hydrogens is 492 g/mol. The zero-order chi connectivity index (χ0) is 27.4. The molecule has 0 bridgehead atoms. The largest absolute Gasteiger partial charge is 0.364 e. The lowest BCUT2D eigenvalue weighted by Gasteiger charge is -2.30. The highest BCUT2D eigenvalue weighted by Crippen LogP contribution is 2.29. The van der Waals surface area contributed by atoms with Crippen LogP contribution in [0.4, 0.5) is 11.5 Å². The van der Waals surface area contributed by atoms with Crippen molar-refractivity contribution in [2.75, 3.05) is 5.32 Å². The van der Waals surface area contributed by atoms with Crippen LogP contribution in [0.5, 0.6) is 0 Å². The number of carbonyl (C=O) groups excluding carboxylic acids is 2. The second kappa shape index (κ2) is 11.6. The Bertz CT molecular complexity index is 1410. The summed E-state index contributed by atoms with van der Waals surface area (Å²) < 4.78 is 6.86. The van der Waals surface area contributed by atoms with E-state index in [0.29, 0.717) is 29.1 Å². The van der Waals surface area contributed by atoms with E-state index < -0.39 is 6.04 Å². The number of nitrogens with zero attached hydrogens (tertiary/aromatic N) is 4. The number of aromatic nitrogens is 4. The maximum absolute atomic E-state index is 13.7. The summed E-state index contributed by atoms with van der Waals surface area (Å²) in [5.41, 5.74) is 5.48. The Balaban J connectivity index is 1.30. The van der Waals surface area contributed by atoms with Crippen LogP contribution in [-0.2, 0) is 13.5 Å². The van der Waals surface area contributed by atoms with Gasteiger partial charge in [-0.25, -0.2) is 4.98 Å². The van der Waals surface area contributed by atoms with Crippen molar-refractivity contribution in [3.8, 4) is 11.3 Å². The SMILES string of the molecule is CCc1nocc1C(=O)N[C@H](C(=O)c1ccc(Nc2ccc(-c3c(C)cnn3C)cn2)cc1)C1CCCCC1. The second-order valence-corrected chi connectivity index (χ2v) is 10.2. The molecule has 3 heterocycles. The number of Topliss-reactive ketones (excluding diaryl/α,β-unsaturated/α-hetero) is 1. The molecule has 2 N–H and O–H groups in total. The Labute approximate surface area is 228 Å². The minimum Gasteiger partial charge on any atom is -0.364 e. The van der Waals surface area contributed by atoms with E-state index in [1.54, 1.807) is 12.1 Å². The van der Waals surface area contributed by atoms with Gasteiger partial charge >= 0.3 is 0 Å². The van der Waals surface area contributed by atoms with Gasteiger partial charge in [-0.1, -0.05) is 31.3 Å². The summed E-state index contributed by atoms with van der Waals surface area (Å²) in [5, 5.41) is 14.5. The number of benzene rings is 1. The van der Waals surface area contributed by atoms with Gasteiger partial charge in [-0.3, -0.25) is 14.3 Å². The summed E-state index contributed by atoms with van der Waals surface area (Å²) >= 11 is 0. The van der Waals surface area contributed by atoms with Crippen LogP contribution < -0.4 is 10.6 Å². The third-order valence-corrected chi connectivity index (χ3v) is 7.51. The van der Waals surface area contributed by atoms with Gasteiger partial charge in [0.25, 0.3) is 5.91 Å². The molecule has 0 saturated heterocycles. The molecule has 4 aromatic rings. The van der Waals surface area contributed by atoms with E-state index in [1.807, 2.05) is 62.2 Å². The number of hydrogen-bond acceptors (Lipinski definition) is 7. The van der Waals surface area contributed by atoms with Gasteiger partial charge in [-0.2, -0.15) is 5.10 Å². The quantitative estimate of drug-likeness (QED) is 0.271. The molecule has 1 aliphatic rings. The second-order valence-electron chi connectivity index (χ2n) is 10.2. The average Bonchev–Trinajstić information content (AvgIpc) is 3.58. The molecule has 3 aromatic heterocycles. The summed E-state index contributed by atoms with van der Waals surface area (Å²) in [6.45, 7) is 3.94. The van der Waals surface area contributed by atoms with E-state index in [1.165, 1.54) is 6.26 Å². The minimum atomic E-state index is -0.596. The summed E-state index contributed by atoms with van der Waals surface area (Å²) in [5.74, 6) is 0.408. The molecule has 1 aliphatic carbocycles. The van der Waals surface area contributed by atoms with Gasteiger partial charge in [0.1, 0.15) is 17.6 Å². The Morgan fingerprint density at radius 2 is 1.85 bits per heavy atom. The Morgan fingerprint density at radius 1 is 1.08 bits per heavy atom. The number of ketones is 1. The van der Waals surface area contributed by atoms with Crippen LogP contribution in [-0.4, -0.2) is 37.7 Å². The predicted octanol–water partition coefficient (Wildman–Crippen LogP) is 5.65. The van der Waals surface area contributed by atoms with E-state index in [4.69, 9.17) is 4.52 Å². The first-order valence-electron chi connectivity index (χ1n) is 13.5. The lowest BCUT2D eigenvalue weighted by atomic mass is 9.81. The molecule has 39 heavy (non-hydrogen) atoms. The molecule has 1 amide bonds. The number of nitrogens with one attached hydrogen (secondary N) is 2. The first-order valence-corrected chi connectivity index (χ1v) is 13.5. The highest BCUT2D eigenvalue weighted by molar-refractivity contribution is 6.04. The fraction of sp³-hybridized carbons (Fsp3) is 0.367. The third-order valence-electron chi connectivity index (χ3n) is 7.51. The summed E-state index contributed by atoms with van der Waals surface area (Å²) in [6.07, 6.45) is 10.7. The van der Waals surface area contributed by atoms with Crippen molar-refractivity contribution < 1.29 is 14.1 Å². The van der Waals surface area contributed by atoms with E-state index in [2.05, 4.69) is 25.9 Å². The molecule has 0 radical (unpaired) electrons. The lowest BCUT2D eigenvalue weighted by molar-refractivity contribution is 0.0802. The fourth-order valence-corrected chi connectivity index (χ4v) is 5.40. The van der Waals surface area contributed by atoms with Crippen LogP contribution in [0.1, 0.15) is 71.0 Å². The van der Waals surface area contributed by atoms with Gasteiger partial charge in [-0.15, -0.1) is 0 Å². The highest BCUT2D eigenvalue weighted by atomic mass is 16.5. The molecule has 1 fully saturated rings. The van der Waals surface area contributed by atoms with Crippen molar-refractivity contribution in [2.24, 2.45) is 13.0 Å². The normalized spacial score (nSPS) is 14.6. The van der Waals surface area contributed by atoms with E-state index in [0.717, 1.165) is 54.6 Å². The predicted molar refractivity (Wildman–Crippen MR) is 149 cm³/mol. The minimum absolute atomic E-state index is 0.0784. The fourth-order valence-electron chi connectivity index (χ4n) is 5.40. The summed E-state index contributed by atoms with van der Waals surface area (Å²) in [7, 11) is 1.92. The first kappa shape index (κ1) is 26.3. The highest BCUT2D eigenvalue weighted by Gasteiger charge is 2.32. The maximum atomic E-state index is 13.7. The van der Waals surface area contributed by atoms with Crippen molar-refractivity contribution in [2.45, 2.75) is 58.4 Å². The van der Waals surface area contributed by atoms with E-state index in [-0.39, 0.29) is 17.6 Å². The molecule has 9 heteroatoms. The first-order chi connectivity index (χ1) is 18.9. The molecule has 0 aliphatic heterocycles. The number of carbonyl (C=O) groups is 2. The van der Waals surface area contributed by atoms with Gasteiger partial charge in [-0.05, 0) is 74.1 Å². The van der Waals surface area contributed by atoms with Gasteiger partial charge < -0.3 is 15.2 Å². The van der Waals surface area contributed by atoms with Crippen LogP contribution in [0, 0.1) is 12.8 Å². The maximum Gasteiger partial charge on any atom is 0.257 e. The lowest BCUT2D eigenvalue weighted by Crippen LogP contribution is -2.46. The standard InChI is InChI=1S/C30H34N6O3/c1-4-25-24(18-39-35-25)30(38)34-27(20-8-6-5-7-9-20)29(37)21-10-13-23(14-11-21)33-26-15-12-22(17-31-26)28-19(2)16-32-36(28)3/h10-18,20,27H,4-9H2,1-3H3,(H,31,33)(H,34,38)/t27-/m0/s1. The number of pyridine rings is 1. The van der Waals surface area contributed by atoms with Crippen LogP contribution >= 0.6 is 0 Å². The average molecular weight is 527 g/mol. The van der Waals surface area contributed by atoms with Crippen LogP contribution in [0.15, 0.2) is 59.6 Å². The van der Waals surface area contributed by atoms with Crippen LogP contribution in [0.3, 0.4) is 0 Å². The molecule has 1 saturated carbocycles. The molecular formula is C30H34N6O3. The molecule has 202 valence electrons. The molecule has 0 spiro atoms. The zero-order valence-electron chi connectivity index (χ0n) is 22.6. The van der Waals surface area contributed by atoms with Gasteiger partial charge in [0, 0.05) is 30.1 Å². The van der Waals surface area contributed by atoms with Crippen molar-refractivity contribution in [3.05, 3.63) is 77.4 Å². The third kappa shape index (κ3) is 5.77. The number of aryl methyl sites for hydroxylation is 3. The number of amides is 1. The summed E-state index contributed by atoms with van der Waals surface area (Å²) in [4.78, 5) is 31.3. The van der Waals surface area contributed by atoms with Crippen LogP contribution in [0.25, 0.3) is 11.3 Å². The molecule has 0 unspecified atom stereocenters. The number of hydrogen-bond donors (Lipinski definition) is 2. The van der Waals surface area contributed by atoms with E-state index in [9.17, 15) is 9.59 Å². The molecule has 1 aromatic carbocycles. The topological polar surface area (TPSA) is 115 Å². The Morgan fingerprint density at radius 3 is 2.49 bits per heavy atom. The van der Waals surface area contributed by atoms with Crippen molar-refractivity contribution >= 4 is 23.2 Å². The summed E-state index contributed by atoms with van der Waals surface area (Å²) in [6, 6.07) is 10.7. The molecule has 1 atom stereocenters. The molecule has 5 rings (SSSR count). The van der Waals surface area contributed by atoms with Gasteiger partial charge in [0.05, 0.1) is 23.6 Å². The number of anilines is 2. The smallest absolute Gasteiger partial charge is 0.257 e. The van der Waals surface area contributed by atoms with Crippen LogP contribution in [0.2, 0.25) is 0 Å². The van der Waals surface area contributed by atoms with Crippen molar-refractivity contribution in [1.82, 2.24) is 25.2 Å². The zero-order valence-corrected chi connectivity index (χ0v) is 22.6. The number of rotatable bonds is 9. The van der Waals surface area contributed by atoms with Gasteiger partial charge in [0.2, 0.25) is 0 Å². The van der Waals surface area contributed by atoms with Crippen molar-refractivity contribution in [3.63, 3.8) is 0 Å². The Kier molecular flexibility index (Phi) is 7.86. The molecule has 9 nitrogen and oxygen atoms in total. The monoisotopic (exact) mass is 526 g/mol. The van der Waals surface area contributed by atoms with E-state index >= 15 is 0 Å². The van der Waals surface area contributed by atoms with Crippen molar-refractivity contribution in [1.29, 1.82) is 0 Å².